The van der Waals surface area contributed by atoms with Crippen LogP contribution < -0.4 is 32.7 Å². The second-order valence-electron chi connectivity index (χ2n) is 18.5. The van der Waals surface area contributed by atoms with Crippen molar-refractivity contribution in [2.75, 3.05) is 27.4 Å². The Labute approximate surface area is 405 Å². The number of aliphatic hydroxyl groups is 2. The summed E-state index contributed by atoms with van der Waals surface area (Å²) >= 11 is 0. The second kappa shape index (κ2) is 18.0. The van der Waals surface area contributed by atoms with Gasteiger partial charge in [-0.25, -0.2) is 10.2 Å². The average molecular weight is 980 g/mol. The predicted molar refractivity (Wildman–Crippen MR) is 247 cm³/mol. The molecule has 10 rings (SSSR count). The molecule has 3 saturated heterocycles. The van der Waals surface area contributed by atoms with Crippen molar-refractivity contribution in [3.05, 3.63) is 110 Å². The highest BCUT2D eigenvalue weighted by molar-refractivity contribution is 6.31. The number of aromatic hydroxyl groups is 2. The zero-order valence-corrected chi connectivity index (χ0v) is 39.2. The summed E-state index contributed by atoms with van der Waals surface area (Å²) in [6, 6.07) is 12.2. The molecule has 0 saturated carbocycles. The molecule has 374 valence electrons. The molecule has 0 bridgehead atoms. The fourth-order valence-corrected chi connectivity index (χ4v) is 10.9. The van der Waals surface area contributed by atoms with Crippen molar-refractivity contribution in [3.63, 3.8) is 0 Å². The van der Waals surface area contributed by atoms with Gasteiger partial charge in [-0.2, -0.15) is 5.10 Å². The third kappa shape index (κ3) is 7.73. The zero-order valence-electron chi connectivity index (χ0n) is 39.2. The number of nitrogens with zero attached hydrogens (tertiary/aromatic N) is 2. The number of ether oxygens (including phenoxy) is 5. The van der Waals surface area contributed by atoms with Crippen LogP contribution in [0.3, 0.4) is 0 Å². The third-order valence-electron chi connectivity index (χ3n) is 14.7. The van der Waals surface area contributed by atoms with Crippen molar-refractivity contribution >= 4 is 40.8 Å². The number of primary amides is 1. The summed E-state index contributed by atoms with van der Waals surface area (Å²) < 4.78 is 28.2. The van der Waals surface area contributed by atoms with E-state index in [2.05, 4.69) is 15.8 Å². The summed E-state index contributed by atoms with van der Waals surface area (Å²) in [5.41, 5.74) is 16.7. The molecule has 0 unspecified atom stereocenters. The summed E-state index contributed by atoms with van der Waals surface area (Å²) in [4.78, 5) is 78.8. The van der Waals surface area contributed by atoms with Gasteiger partial charge in [-0.1, -0.05) is 30.3 Å². The van der Waals surface area contributed by atoms with Gasteiger partial charge in [0.15, 0.2) is 17.8 Å². The molecular weight excluding hydrogens is 927 g/mol. The molecule has 0 radical (unpaired) electrons. The molecule has 3 aliphatic carbocycles. The summed E-state index contributed by atoms with van der Waals surface area (Å²) in [5, 5.41) is 53.2. The number of phenolic OH excluding ortho intramolecular Hbond substituents is 2. The van der Waals surface area contributed by atoms with Crippen LogP contribution in [0.2, 0.25) is 0 Å². The van der Waals surface area contributed by atoms with Gasteiger partial charge >= 0.3 is 6.09 Å². The quantitative estimate of drug-likeness (QED) is 0.0364. The Bertz CT molecular complexity index is 2910. The van der Waals surface area contributed by atoms with Crippen LogP contribution in [-0.4, -0.2) is 141 Å². The highest BCUT2D eigenvalue weighted by Crippen LogP contribution is 2.56. The first-order valence-electron chi connectivity index (χ1n) is 22.8. The number of hydrazone groups is 1. The Hall–Kier alpha value is -7.05. The number of carbonyl (C=O) groups is 6. The lowest BCUT2D eigenvalue weighted by Gasteiger charge is -2.42. The van der Waals surface area contributed by atoms with Crippen molar-refractivity contribution in [2.45, 2.75) is 94.1 Å². The maximum absolute atomic E-state index is 13.9. The number of amides is 2. The standard InChI is InChI=1S/C34H35N3O10.C15H18N4O5/c1-15-28(38)20(35)12-23(46-15)47-22-14-34(44,16(2)36-37-33(43)17-8-5-4-6-9-17)13-19-25(22)32(42)27-26(30(19)40)29(39)18-10-7-11-21(45-3)24(18)31(27)41;1-5-9(16)12(21)8-6(4-24-14(17)22)15(23-2)13-7(18-13)3-19(15)10(8)11(5)20/h4-11,15,20,22-23,28,38,40,42,44H,12-14,35H2,1-3H3,(H,37,43);6-7,13,18H,3-4,16H2,1-2H3,(H2,17,22)/b36-16+;/t15-,20-,22-,23-,28+,34-;6-,7+,13+,15-/m01/s1. The number of rotatable bonds is 9. The van der Waals surface area contributed by atoms with Crippen LogP contribution in [0.1, 0.15) is 93.0 Å². The molecule has 0 aromatic heterocycles. The van der Waals surface area contributed by atoms with Crippen molar-refractivity contribution < 1.29 is 72.9 Å². The summed E-state index contributed by atoms with van der Waals surface area (Å²) in [5.74, 6) is -4.42. The number of carbonyl (C=O) groups excluding carboxylic acids is 6. The number of piperazine rings is 1. The number of methoxy groups -OCH3 is 2. The van der Waals surface area contributed by atoms with E-state index in [0.717, 1.165) is 0 Å². The van der Waals surface area contributed by atoms with Crippen LogP contribution in [0.15, 0.2) is 76.2 Å². The van der Waals surface area contributed by atoms with Crippen molar-refractivity contribution in [1.82, 2.24) is 15.6 Å². The maximum Gasteiger partial charge on any atom is 0.404 e. The van der Waals surface area contributed by atoms with Crippen molar-refractivity contribution in [1.29, 1.82) is 0 Å². The van der Waals surface area contributed by atoms with E-state index < -0.39 is 99.9 Å². The van der Waals surface area contributed by atoms with Gasteiger partial charge in [0.1, 0.15) is 29.5 Å². The van der Waals surface area contributed by atoms with Gasteiger partial charge in [0.05, 0.1) is 71.2 Å². The lowest BCUT2D eigenvalue weighted by atomic mass is 9.71. The van der Waals surface area contributed by atoms with E-state index in [-0.39, 0.29) is 94.3 Å². The first-order valence-corrected chi connectivity index (χ1v) is 22.8. The Morgan fingerprint density at radius 1 is 0.986 bits per heavy atom. The Kier molecular flexibility index (Phi) is 12.4. The summed E-state index contributed by atoms with van der Waals surface area (Å²) in [6.45, 7) is 5.01. The van der Waals surface area contributed by atoms with Crippen LogP contribution in [0.4, 0.5) is 4.79 Å². The molecular formula is C49H53N7O15. The Morgan fingerprint density at radius 3 is 2.35 bits per heavy atom. The monoisotopic (exact) mass is 979 g/mol. The van der Waals surface area contributed by atoms with E-state index >= 15 is 0 Å². The molecule has 10 atom stereocenters. The zero-order chi connectivity index (χ0) is 51.2. The molecule has 7 aliphatic rings. The molecule has 3 aromatic rings. The number of Topliss-reactive ketones (excluding diaryl/α,β-unsaturated/α-hetero) is 2. The minimum atomic E-state index is -1.88. The fourth-order valence-electron chi connectivity index (χ4n) is 10.9. The average Bonchev–Trinajstić information content (AvgIpc) is 3.97. The number of benzene rings is 3. The normalized spacial score (nSPS) is 30.3. The van der Waals surface area contributed by atoms with Crippen molar-refractivity contribution in [2.24, 2.45) is 28.2 Å². The molecule has 22 nitrogen and oxygen atoms in total. The number of phenols is 2. The molecule has 4 heterocycles. The Morgan fingerprint density at radius 2 is 1.69 bits per heavy atom. The summed E-state index contributed by atoms with van der Waals surface area (Å²) in [6.07, 6.45) is -5.46. The maximum atomic E-state index is 13.9. The van der Waals surface area contributed by atoms with Crippen LogP contribution in [0.25, 0.3) is 0 Å². The number of allylic oxidation sites excluding steroid dienone is 2. The van der Waals surface area contributed by atoms with Gasteiger partial charge < -0.3 is 71.5 Å². The topological polar surface area (TPSA) is 357 Å². The number of nitrogens with one attached hydrogen (secondary N) is 2. The van der Waals surface area contributed by atoms with E-state index in [1.807, 2.05) is 4.90 Å². The van der Waals surface area contributed by atoms with Gasteiger partial charge in [0.2, 0.25) is 17.3 Å². The fraction of sp³-hybridized carbons (Fsp3) is 0.408. The van der Waals surface area contributed by atoms with Crippen molar-refractivity contribution in [3.8, 4) is 17.2 Å². The van der Waals surface area contributed by atoms with E-state index in [9.17, 15) is 49.2 Å². The number of hydrogen-bond donors (Lipinski definition) is 9. The molecule has 2 amide bonds. The SMILES string of the molecule is CO[C@@]12[C@H](COC(N)=O)C3=C(C(=O)C(C)=C(N)C3=O)N1C[C@@H]1N[C@@H]12.COc1cccc2c1C(=O)c1c(O)c3c(c(O)c1C2=O)C[C@@](O)(/C(C)=N/NC(=O)c1ccccc1)C[C@@H]3O[C@H]1C[C@H](N)[C@H](O)[C@H](C)O1. The van der Waals surface area contributed by atoms with E-state index in [1.54, 1.807) is 37.3 Å². The lowest BCUT2D eigenvalue weighted by molar-refractivity contribution is -0.245. The molecule has 3 aromatic carbocycles. The number of hydrogen-bond acceptors (Lipinski definition) is 20. The van der Waals surface area contributed by atoms with E-state index in [4.69, 9.17) is 40.9 Å². The minimum absolute atomic E-state index is 0.0196. The number of fused-ring (bicyclic) bond motifs is 7. The molecule has 3 fully saturated rings. The first-order chi connectivity index (χ1) is 33.7. The molecule has 4 aliphatic heterocycles. The minimum Gasteiger partial charge on any atom is -0.507 e. The van der Waals surface area contributed by atoms with Crippen LogP contribution >= 0.6 is 0 Å². The number of nitrogens with two attached hydrogens (primary N) is 3. The van der Waals surface area contributed by atoms with Gasteiger partial charge in [-0.3, -0.25) is 24.0 Å². The Balaban J connectivity index is 0.000000217. The highest BCUT2D eigenvalue weighted by Gasteiger charge is 2.72. The van der Waals surface area contributed by atoms with E-state index in [0.29, 0.717) is 17.8 Å². The van der Waals surface area contributed by atoms with Crippen LogP contribution in [0, 0.1) is 5.92 Å². The second-order valence-corrected chi connectivity index (χ2v) is 18.5. The molecule has 12 N–H and O–H groups in total. The highest BCUT2D eigenvalue weighted by atomic mass is 16.7. The summed E-state index contributed by atoms with van der Waals surface area (Å²) in [7, 11) is 2.86. The van der Waals surface area contributed by atoms with Crippen LogP contribution in [-0.2, 0) is 35.0 Å². The molecule has 22 heteroatoms. The molecule has 71 heavy (non-hydrogen) atoms. The van der Waals surface area contributed by atoms with Gasteiger partial charge in [0.25, 0.3) is 5.91 Å². The number of aliphatic hydroxyl groups excluding tert-OH is 1. The van der Waals surface area contributed by atoms with Gasteiger partial charge in [0, 0.05) is 78.4 Å². The van der Waals surface area contributed by atoms with Gasteiger partial charge in [-0.05, 0) is 39.0 Å². The largest absolute Gasteiger partial charge is 0.507 e. The smallest absolute Gasteiger partial charge is 0.404 e. The third-order valence-corrected chi connectivity index (χ3v) is 14.7. The van der Waals surface area contributed by atoms with Gasteiger partial charge in [-0.15, -0.1) is 0 Å². The molecule has 0 spiro atoms. The lowest BCUT2D eigenvalue weighted by Crippen LogP contribution is -2.55. The van der Waals surface area contributed by atoms with Crippen LogP contribution in [0.5, 0.6) is 17.2 Å². The van der Waals surface area contributed by atoms with E-state index in [1.165, 1.54) is 46.3 Å². The predicted octanol–water partition coefficient (Wildman–Crippen LogP) is 0.595. The first kappa shape index (κ1) is 49.0. The number of ketones is 4.